The highest BCUT2D eigenvalue weighted by molar-refractivity contribution is 5.73. The number of nitro groups is 1. The fourth-order valence-electron chi connectivity index (χ4n) is 3.49. The van der Waals surface area contributed by atoms with Crippen LogP contribution in [0.2, 0.25) is 0 Å². The van der Waals surface area contributed by atoms with Crippen molar-refractivity contribution in [3.63, 3.8) is 0 Å². The van der Waals surface area contributed by atoms with E-state index >= 15 is 0 Å². The number of alkyl halides is 3. The molecule has 0 saturated carbocycles. The quantitative estimate of drug-likeness (QED) is 0.393. The van der Waals surface area contributed by atoms with Crippen molar-refractivity contribution < 1.29 is 27.6 Å². The number of carbonyl (C=O) groups excluding carboxylic acids is 1. The zero-order valence-electron chi connectivity index (χ0n) is 16.3. The molecule has 1 fully saturated rings. The number of piperidine rings is 1. The summed E-state index contributed by atoms with van der Waals surface area (Å²) in [6.07, 6.45) is -3.99. The molecular formula is C21H18F3N3O4. The molecule has 1 aliphatic heterocycles. The third-order valence-corrected chi connectivity index (χ3v) is 5.18. The summed E-state index contributed by atoms with van der Waals surface area (Å²) in [5.41, 5.74) is -0.605. The van der Waals surface area contributed by atoms with Gasteiger partial charge in [0.25, 0.3) is 5.69 Å². The maximum absolute atomic E-state index is 12.9. The van der Waals surface area contributed by atoms with Gasteiger partial charge in [0.2, 0.25) is 0 Å². The van der Waals surface area contributed by atoms with Crippen LogP contribution in [0.5, 0.6) is 0 Å². The van der Waals surface area contributed by atoms with Crippen molar-refractivity contribution >= 4 is 17.3 Å². The Labute approximate surface area is 175 Å². The lowest BCUT2D eigenvalue weighted by Crippen LogP contribution is -2.37. The molecule has 10 heteroatoms. The van der Waals surface area contributed by atoms with E-state index in [-0.39, 0.29) is 25.4 Å². The number of anilines is 1. The van der Waals surface area contributed by atoms with E-state index in [0.717, 1.165) is 12.1 Å². The normalized spacial score (nSPS) is 14.7. The maximum Gasteiger partial charge on any atom is 0.416 e. The molecule has 1 aliphatic rings. The lowest BCUT2D eigenvalue weighted by Gasteiger charge is -2.32. The Balaban J connectivity index is 1.63. The molecule has 1 saturated heterocycles. The summed E-state index contributed by atoms with van der Waals surface area (Å²) in [4.78, 5) is 24.5. The van der Waals surface area contributed by atoms with Crippen LogP contribution in [0.3, 0.4) is 0 Å². The van der Waals surface area contributed by atoms with Crippen LogP contribution in [-0.4, -0.2) is 24.0 Å². The summed E-state index contributed by atoms with van der Waals surface area (Å²) in [6.45, 7) is 0.495. The summed E-state index contributed by atoms with van der Waals surface area (Å²) < 4.78 is 44.0. The molecule has 0 N–H and O–H groups in total. The van der Waals surface area contributed by atoms with Crippen molar-refractivity contribution in [3.05, 3.63) is 69.3 Å². The van der Waals surface area contributed by atoms with Crippen LogP contribution in [0.15, 0.2) is 42.5 Å². The number of carbonyl (C=O) groups is 1. The van der Waals surface area contributed by atoms with E-state index in [4.69, 9.17) is 10.00 Å². The first kappa shape index (κ1) is 22.1. The van der Waals surface area contributed by atoms with Crippen molar-refractivity contribution in [2.75, 3.05) is 18.0 Å². The minimum atomic E-state index is -4.68. The first-order valence-electron chi connectivity index (χ1n) is 9.46. The Morgan fingerprint density at radius 3 is 2.52 bits per heavy atom. The Bertz CT molecular complexity index is 1030. The number of nitriles is 1. The maximum atomic E-state index is 12.9. The van der Waals surface area contributed by atoms with Crippen molar-refractivity contribution in [1.82, 2.24) is 0 Å². The lowest BCUT2D eigenvalue weighted by molar-refractivity contribution is -0.384. The Kier molecular flexibility index (Phi) is 6.44. The molecule has 0 radical (unpaired) electrons. The summed E-state index contributed by atoms with van der Waals surface area (Å²) in [6, 6.07) is 11.2. The molecule has 0 aliphatic carbocycles. The highest BCUT2D eigenvalue weighted by atomic mass is 19.4. The molecular weight excluding hydrogens is 415 g/mol. The molecule has 31 heavy (non-hydrogen) atoms. The van der Waals surface area contributed by atoms with Crippen LogP contribution in [0.4, 0.5) is 24.5 Å². The average Bonchev–Trinajstić information content (AvgIpc) is 2.76. The van der Waals surface area contributed by atoms with E-state index in [1.54, 1.807) is 29.2 Å². The standard InChI is InChI=1S/C21H18F3N3O4/c22-21(23,24)17-5-6-18(19(11-17)27(29)30)26-9-7-14(8-10-26)20(28)31-13-16-4-2-1-3-15(16)12-25/h1-6,11,14H,7-10,13H2. The summed E-state index contributed by atoms with van der Waals surface area (Å²) >= 11 is 0. The second kappa shape index (κ2) is 9.04. The number of hydrogen-bond acceptors (Lipinski definition) is 6. The van der Waals surface area contributed by atoms with Gasteiger partial charge < -0.3 is 9.64 Å². The molecule has 7 nitrogen and oxygen atoms in total. The lowest BCUT2D eigenvalue weighted by atomic mass is 9.96. The molecule has 1 heterocycles. The van der Waals surface area contributed by atoms with E-state index in [9.17, 15) is 28.1 Å². The fraction of sp³-hybridized carbons (Fsp3) is 0.333. The second-order valence-electron chi connectivity index (χ2n) is 7.10. The Hall–Kier alpha value is -3.61. The van der Waals surface area contributed by atoms with Crippen LogP contribution >= 0.6 is 0 Å². The van der Waals surface area contributed by atoms with Gasteiger partial charge in [-0.1, -0.05) is 18.2 Å². The van der Waals surface area contributed by atoms with Gasteiger partial charge in [0.1, 0.15) is 12.3 Å². The monoisotopic (exact) mass is 433 g/mol. The van der Waals surface area contributed by atoms with E-state index < -0.39 is 34.2 Å². The van der Waals surface area contributed by atoms with Gasteiger partial charge in [-0.05, 0) is 31.0 Å². The molecule has 162 valence electrons. The van der Waals surface area contributed by atoms with Crippen LogP contribution in [0, 0.1) is 27.4 Å². The topological polar surface area (TPSA) is 96.5 Å². The van der Waals surface area contributed by atoms with E-state index in [2.05, 4.69) is 0 Å². The summed E-state index contributed by atoms with van der Waals surface area (Å²) in [7, 11) is 0. The molecule has 0 spiro atoms. The van der Waals surface area contributed by atoms with Crippen molar-refractivity contribution in [3.8, 4) is 6.07 Å². The largest absolute Gasteiger partial charge is 0.461 e. The zero-order chi connectivity index (χ0) is 22.6. The predicted octanol–water partition coefficient (Wildman–Crippen LogP) is 4.45. The number of nitro benzene ring substituents is 1. The molecule has 2 aromatic carbocycles. The SMILES string of the molecule is N#Cc1ccccc1COC(=O)C1CCN(c2ccc(C(F)(F)F)cc2[N+](=O)[O-])CC1. The minimum Gasteiger partial charge on any atom is -0.461 e. The molecule has 0 bridgehead atoms. The van der Waals surface area contributed by atoms with Gasteiger partial charge in [0.15, 0.2) is 0 Å². The van der Waals surface area contributed by atoms with Crippen LogP contribution in [0.25, 0.3) is 0 Å². The Morgan fingerprint density at radius 1 is 1.23 bits per heavy atom. The smallest absolute Gasteiger partial charge is 0.416 e. The number of rotatable bonds is 5. The van der Waals surface area contributed by atoms with E-state index in [1.807, 2.05) is 6.07 Å². The van der Waals surface area contributed by atoms with Crippen LogP contribution in [0.1, 0.15) is 29.5 Å². The average molecular weight is 433 g/mol. The van der Waals surface area contributed by atoms with Gasteiger partial charge in [-0.25, -0.2) is 0 Å². The number of nitrogens with zero attached hydrogens (tertiary/aromatic N) is 3. The highest BCUT2D eigenvalue weighted by Crippen LogP contribution is 2.37. The molecule has 0 amide bonds. The second-order valence-corrected chi connectivity index (χ2v) is 7.10. The zero-order valence-corrected chi connectivity index (χ0v) is 16.3. The van der Waals surface area contributed by atoms with Gasteiger partial charge in [-0.15, -0.1) is 0 Å². The molecule has 0 unspecified atom stereocenters. The number of ether oxygens (including phenoxy) is 1. The van der Waals surface area contributed by atoms with E-state index in [0.29, 0.717) is 30.0 Å². The van der Waals surface area contributed by atoms with Gasteiger partial charge in [0, 0.05) is 24.7 Å². The molecule has 2 aromatic rings. The van der Waals surface area contributed by atoms with Gasteiger partial charge in [-0.3, -0.25) is 14.9 Å². The van der Waals surface area contributed by atoms with Gasteiger partial charge >= 0.3 is 12.1 Å². The highest BCUT2D eigenvalue weighted by Gasteiger charge is 2.35. The third-order valence-electron chi connectivity index (χ3n) is 5.18. The molecule has 3 rings (SSSR count). The van der Waals surface area contributed by atoms with Crippen molar-refractivity contribution in [2.45, 2.75) is 25.6 Å². The van der Waals surface area contributed by atoms with E-state index in [1.165, 1.54) is 0 Å². The first-order valence-corrected chi connectivity index (χ1v) is 9.46. The predicted molar refractivity (Wildman–Crippen MR) is 104 cm³/mol. The van der Waals surface area contributed by atoms with Crippen molar-refractivity contribution in [1.29, 1.82) is 5.26 Å². The molecule has 0 aromatic heterocycles. The Morgan fingerprint density at radius 2 is 1.90 bits per heavy atom. The third kappa shape index (κ3) is 5.12. The fourth-order valence-corrected chi connectivity index (χ4v) is 3.49. The molecule has 0 atom stereocenters. The van der Waals surface area contributed by atoms with Gasteiger partial charge in [0.05, 0.1) is 28.0 Å². The number of benzene rings is 2. The summed E-state index contributed by atoms with van der Waals surface area (Å²) in [5.74, 6) is -0.867. The van der Waals surface area contributed by atoms with Crippen LogP contribution < -0.4 is 4.90 Å². The van der Waals surface area contributed by atoms with Crippen molar-refractivity contribution in [2.24, 2.45) is 5.92 Å². The first-order chi connectivity index (χ1) is 14.7. The summed E-state index contributed by atoms with van der Waals surface area (Å²) in [5, 5.41) is 20.4. The number of halogens is 3. The van der Waals surface area contributed by atoms with Gasteiger partial charge in [-0.2, -0.15) is 18.4 Å². The minimum absolute atomic E-state index is 0.0346. The van der Waals surface area contributed by atoms with Crippen LogP contribution in [-0.2, 0) is 22.3 Å². The number of hydrogen-bond donors (Lipinski definition) is 0. The number of esters is 1.